The summed E-state index contributed by atoms with van der Waals surface area (Å²) in [5.41, 5.74) is -2.70. The number of hydrogen-bond donors (Lipinski definition) is 0. The van der Waals surface area contributed by atoms with E-state index in [0.717, 1.165) is 45.1 Å². The van der Waals surface area contributed by atoms with Crippen molar-refractivity contribution in [1.29, 1.82) is 0 Å². The van der Waals surface area contributed by atoms with Gasteiger partial charge < -0.3 is 14.4 Å². The molecule has 0 N–H and O–H groups in total. The van der Waals surface area contributed by atoms with E-state index >= 15 is 0 Å². The van der Waals surface area contributed by atoms with Crippen LogP contribution in [0.15, 0.2) is 46.3 Å². The molecule has 42 heavy (non-hydrogen) atoms. The molecular formula is C29H31F6N3O3S. The molecule has 2 heterocycles. The van der Waals surface area contributed by atoms with Crippen LogP contribution in [0.4, 0.5) is 26.3 Å². The highest BCUT2D eigenvalue weighted by atomic mass is 32.2. The number of amides is 1. The topological polar surface area (TPSA) is 54.4 Å². The Labute approximate surface area is 244 Å². The maximum Gasteiger partial charge on any atom is 0.416 e. The largest absolute Gasteiger partial charge is 0.493 e. The molecule has 0 saturated carbocycles. The van der Waals surface area contributed by atoms with Gasteiger partial charge in [-0.1, -0.05) is 26.0 Å². The first kappa shape index (κ1) is 31.7. The van der Waals surface area contributed by atoms with E-state index in [9.17, 15) is 31.1 Å². The summed E-state index contributed by atoms with van der Waals surface area (Å²) in [7, 11) is 1.34. The smallest absolute Gasteiger partial charge is 0.416 e. The zero-order valence-corrected chi connectivity index (χ0v) is 24.1. The number of amidine groups is 1. The second-order valence-electron chi connectivity index (χ2n) is 9.87. The number of thioether (sulfide) groups is 1. The number of hydrogen-bond acceptors (Lipinski definition) is 6. The molecular weight excluding hydrogens is 584 g/mol. The van der Waals surface area contributed by atoms with Gasteiger partial charge in [-0.3, -0.25) is 9.69 Å². The van der Waals surface area contributed by atoms with Crippen molar-refractivity contribution >= 4 is 28.9 Å². The molecule has 0 unspecified atom stereocenters. The fraction of sp³-hybridized carbons (Fsp3) is 0.448. The minimum absolute atomic E-state index is 0.0742. The maximum atomic E-state index is 13.5. The van der Waals surface area contributed by atoms with Crippen molar-refractivity contribution in [3.05, 3.63) is 63.6 Å². The highest BCUT2D eigenvalue weighted by Gasteiger charge is 2.38. The van der Waals surface area contributed by atoms with Gasteiger partial charge >= 0.3 is 12.4 Å². The predicted octanol–water partition coefficient (Wildman–Crippen LogP) is 7.09. The second-order valence-corrected chi connectivity index (χ2v) is 10.9. The Kier molecular flexibility index (Phi) is 9.81. The number of nitrogens with zero attached hydrogens (tertiary/aromatic N) is 3. The van der Waals surface area contributed by atoms with Crippen LogP contribution in [0.25, 0.3) is 6.08 Å². The van der Waals surface area contributed by atoms with Crippen molar-refractivity contribution in [2.24, 2.45) is 4.99 Å². The Balaban J connectivity index is 1.44. The summed E-state index contributed by atoms with van der Waals surface area (Å²) in [5.74, 6) is -0.0945. The number of aliphatic imine (C=N–C) groups is 1. The molecule has 228 valence electrons. The molecule has 2 aromatic rings. The van der Waals surface area contributed by atoms with Crippen molar-refractivity contribution in [2.75, 3.05) is 33.3 Å². The summed E-state index contributed by atoms with van der Waals surface area (Å²) in [6.45, 7) is 7.08. The summed E-state index contributed by atoms with van der Waals surface area (Å²) in [6.07, 6.45) is -6.09. The van der Waals surface area contributed by atoms with Crippen LogP contribution < -0.4 is 9.47 Å². The third-order valence-corrected chi connectivity index (χ3v) is 8.31. The first-order chi connectivity index (χ1) is 19.8. The molecule has 4 rings (SSSR count). The number of halogens is 6. The number of benzene rings is 2. The third kappa shape index (κ3) is 7.41. The number of alkyl halides is 6. The molecule has 0 aliphatic carbocycles. The van der Waals surface area contributed by atoms with Crippen molar-refractivity contribution in [1.82, 2.24) is 9.80 Å². The number of rotatable bonds is 8. The molecule has 0 atom stereocenters. The number of carbonyl (C=O) groups is 1. The summed E-state index contributed by atoms with van der Waals surface area (Å²) < 4.78 is 90.3. The van der Waals surface area contributed by atoms with Crippen LogP contribution in [0.3, 0.4) is 0 Å². The highest BCUT2D eigenvalue weighted by molar-refractivity contribution is 8.18. The molecule has 0 radical (unpaired) electrons. The molecule has 0 spiro atoms. The van der Waals surface area contributed by atoms with Gasteiger partial charge in [-0.2, -0.15) is 31.3 Å². The zero-order chi connectivity index (χ0) is 30.7. The normalized spacial score (nSPS) is 17.8. The molecule has 13 heteroatoms. The van der Waals surface area contributed by atoms with Gasteiger partial charge in [0.2, 0.25) is 0 Å². The van der Waals surface area contributed by atoms with Crippen LogP contribution in [0.1, 0.15) is 48.9 Å². The Morgan fingerprint density at radius 3 is 2.24 bits per heavy atom. The van der Waals surface area contributed by atoms with E-state index in [1.54, 1.807) is 18.2 Å². The van der Waals surface area contributed by atoms with E-state index in [1.165, 1.54) is 24.9 Å². The average molecular weight is 616 g/mol. The first-order valence-corrected chi connectivity index (χ1v) is 14.2. The lowest BCUT2D eigenvalue weighted by atomic mass is 10.0. The van der Waals surface area contributed by atoms with Crippen molar-refractivity contribution in [3.8, 4) is 11.5 Å². The van der Waals surface area contributed by atoms with Crippen LogP contribution in [0, 0.1) is 0 Å². The van der Waals surface area contributed by atoms with Crippen LogP contribution >= 0.6 is 11.8 Å². The Morgan fingerprint density at radius 1 is 0.952 bits per heavy atom. The lowest BCUT2D eigenvalue weighted by Gasteiger charge is -2.39. The van der Waals surface area contributed by atoms with Crippen molar-refractivity contribution in [2.45, 2.75) is 51.7 Å². The number of ether oxygens (including phenoxy) is 2. The molecule has 2 aliphatic rings. The molecule has 2 aliphatic heterocycles. The van der Waals surface area contributed by atoms with E-state index < -0.39 is 35.6 Å². The molecule has 2 aromatic carbocycles. The molecule has 1 saturated heterocycles. The minimum Gasteiger partial charge on any atom is -0.493 e. The minimum atomic E-state index is -5.01. The SMILES string of the molecule is CCC(CC)N1CCN(C2=NC(=O)/C(=C\c3ccc(OCc4ccc(C(F)(F)F)cc4C(F)(F)F)c(OC)c3)S2)CC1. The fourth-order valence-corrected chi connectivity index (χ4v) is 5.92. The predicted molar refractivity (Wildman–Crippen MR) is 149 cm³/mol. The number of carbonyl (C=O) groups excluding carboxylic acids is 1. The number of methoxy groups -OCH3 is 1. The van der Waals surface area contributed by atoms with E-state index in [2.05, 4.69) is 28.6 Å². The van der Waals surface area contributed by atoms with Gasteiger partial charge in [-0.15, -0.1) is 0 Å². The molecule has 1 amide bonds. The van der Waals surface area contributed by atoms with Crippen molar-refractivity contribution in [3.63, 3.8) is 0 Å². The zero-order valence-electron chi connectivity index (χ0n) is 23.3. The van der Waals surface area contributed by atoms with E-state index in [4.69, 9.17) is 9.47 Å². The molecule has 0 bridgehead atoms. The lowest BCUT2D eigenvalue weighted by Crippen LogP contribution is -2.51. The van der Waals surface area contributed by atoms with Gasteiger partial charge in [-0.05, 0) is 60.5 Å². The molecule has 0 aromatic heterocycles. The Hall–Kier alpha value is -3.19. The Bertz CT molecular complexity index is 1350. The highest BCUT2D eigenvalue weighted by Crippen LogP contribution is 2.39. The van der Waals surface area contributed by atoms with Crippen LogP contribution in [-0.4, -0.2) is 60.2 Å². The second kappa shape index (κ2) is 13.0. The summed E-state index contributed by atoms with van der Waals surface area (Å²) in [4.78, 5) is 21.9. The Morgan fingerprint density at radius 2 is 1.64 bits per heavy atom. The average Bonchev–Trinajstić information content (AvgIpc) is 3.31. The van der Waals surface area contributed by atoms with Crippen molar-refractivity contribution < 1.29 is 40.6 Å². The quantitative estimate of drug-likeness (QED) is 0.234. The maximum absolute atomic E-state index is 13.5. The number of piperazine rings is 1. The van der Waals surface area contributed by atoms with Gasteiger partial charge in [0.15, 0.2) is 16.7 Å². The van der Waals surface area contributed by atoms with Gasteiger partial charge in [-0.25, -0.2) is 0 Å². The molecule has 1 fully saturated rings. The van der Waals surface area contributed by atoms with Crippen LogP contribution in [0.2, 0.25) is 0 Å². The van der Waals surface area contributed by atoms with Gasteiger partial charge in [0.1, 0.15) is 6.61 Å². The van der Waals surface area contributed by atoms with E-state index in [0.29, 0.717) is 27.7 Å². The summed E-state index contributed by atoms with van der Waals surface area (Å²) >= 11 is 1.28. The standard InChI is InChI=1S/C29H31F6N3O3S/c1-4-21(5-2)37-10-12-38(13-11-37)27-36-26(39)25(42-27)15-18-6-9-23(24(14-18)40-3)41-17-19-7-8-20(28(30,31)32)16-22(19)29(33,34)35/h6-9,14-16,21H,4-5,10-13,17H2,1-3H3/b25-15+. The van der Waals surface area contributed by atoms with Gasteiger partial charge in [0.05, 0.1) is 23.1 Å². The molecule has 6 nitrogen and oxygen atoms in total. The van der Waals surface area contributed by atoms with Crippen LogP contribution in [0.5, 0.6) is 11.5 Å². The summed E-state index contributed by atoms with van der Waals surface area (Å²) in [6, 6.07) is 6.58. The van der Waals surface area contributed by atoms with Gasteiger partial charge in [0.25, 0.3) is 5.91 Å². The van der Waals surface area contributed by atoms with Crippen LogP contribution in [-0.2, 0) is 23.8 Å². The lowest BCUT2D eigenvalue weighted by molar-refractivity contribution is -0.143. The van der Waals surface area contributed by atoms with Gasteiger partial charge in [0, 0.05) is 37.8 Å². The van der Waals surface area contributed by atoms with E-state index in [1.807, 2.05) is 0 Å². The monoisotopic (exact) mass is 615 g/mol. The van der Waals surface area contributed by atoms with E-state index in [-0.39, 0.29) is 23.5 Å². The summed E-state index contributed by atoms with van der Waals surface area (Å²) in [5, 5.41) is 0.652. The first-order valence-electron chi connectivity index (χ1n) is 13.4. The fourth-order valence-electron chi connectivity index (χ4n) is 4.96. The third-order valence-electron chi connectivity index (χ3n) is 7.26.